The molecule has 0 bridgehead atoms. The molecule has 2 fully saturated rings. The molecule has 33 heavy (non-hydrogen) atoms. The molecule has 2 aromatic rings. The predicted molar refractivity (Wildman–Crippen MR) is 129 cm³/mol. The number of aromatic nitrogens is 3. The van der Waals surface area contributed by atoms with Gasteiger partial charge in [0.25, 0.3) is 5.91 Å². The maximum atomic E-state index is 12.9. The van der Waals surface area contributed by atoms with E-state index in [9.17, 15) is 4.79 Å². The second-order valence-corrected chi connectivity index (χ2v) is 9.90. The largest absolute Gasteiger partial charge is 0.335 e. The van der Waals surface area contributed by atoms with Crippen LogP contribution in [0.5, 0.6) is 0 Å². The number of anilines is 2. The van der Waals surface area contributed by atoms with E-state index < -0.39 is 0 Å². The Balaban J connectivity index is 1.41. The molecule has 1 amide bonds. The molecule has 2 saturated heterocycles. The van der Waals surface area contributed by atoms with E-state index in [1.54, 1.807) is 0 Å². The average Bonchev–Trinajstić information content (AvgIpc) is 3.27. The van der Waals surface area contributed by atoms with Crippen molar-refractivity contribution in [1.29, 1.82) is 5.26 Å². The summed E-state index contributed by atoms with van der Waals surface area (Å²) in [6.07, 6.45) is 2.11. The van der Waals surface area contributed by atoms with Gasteiger partial charge >= 0.3 is 0 Å². The van der Waals surface area contributed by atoms with Crippen molar-refractivity contribution in [2.24, 2.45) is 0 Å². The maximum absolute atomic E-state index is 12.9. The molecule has 1 atom stereocenters. The van der Waals surface area contributed by atoms with E-state index in [2.05, 4.69) is 50.0 Å². The number of nitrogens with zero attached hydrogens (tertiary/aromatic N) is 7. The molecule has 0 radical (unpaired) electrons. The van der Waals surface area contributed by atoms with Crippen LogP contribution in [0.15, 0.2) is 11.4 Å². The third-order valence-electron chi connectivity index (χ3n) is 6.37. The minimum Gasteiger partial charge on any atom is -0.335 e. The van der Waals surface area contributed by atoms with E-state index in [1.807, 2.05) is 23.3 Å². The van der Waals surface area contributed by atoms with Gasteiger partial charge < -0.3 is 10.2 Å². The van der Waals surface area contributed by atoms with Gasteiger partial charge in [-0.25, -0.2) is 15.0 Å². The minimum absolute atomic E-state index is 0.0120. The lowest BCUT2D eigenvalue weighted by molar-refractivity contribution is 0.0591. The van der Waals surface area contributed by atoms with Gasteiger partial charge in [-0.1, -0.05) is 0 Å². The number of hydrogen-bond acceptors (Lipinski definition) is 9. The SMILES string of the molecule is Cc1nc(Nc2nc(C(=O)N3CCN(C(C)C)CC3)cs2)cc(C2CCCN(CC#N)C2)n1. The van der Waals surface area contributed by atoms with Crippen LogP contribution < -0.4 is 5.32 Å². The van der Waals surface area contributed by atoms with Crippen LogP contribution in [0.4, 0.5) is 10.9 Å². The number of aryl methyl sites for hydroxylation is 1. The third-order valence-corrected chi connectivity index (χ3v) is 7.12. The normalized spacial score (nSPS) is 20.1. The molecular weight excluding hydrogens is 436 g/mol. The summed E-state index contributed by atoms with van der Waals surface area (Å²) in [6, 6.07) is 4.72. The third kappa shape index (κ3) is 5.85. The molecule has 9 nitrogen and oxygen atoms in total. The standard InChI is InChI=1S/C23H32N8OS/c1-16(2)30-9-11-31(12-10-30)22(32)20-15-33-23(27-20)28-21-13-19(25-17(3)26-21)18-5-4-7-29(14-18)8-6-24/h13,15-16,18H,4-5,7-12,14H2,1-3H3,(H,25,26,27,28). The van der Waals surface area contributed by atoms with Gasteiger partial charge in [0.2, 0.25) is 0 Å². The number of likely N-dealkylation sites (tertiary alicyclic amines) is 1. The Morgan fingerprint density at radius 3 is 2.76 bits per heavy atom. The molecule has 4 rings (SSSR count). The lowest BCUT2D eigenvalue weighted by atomic mass is 9.94. The highest BCUT2D eigenvalue weighted by Crippen LogP contribution is 2.28. The van der Waals surface area contributed by atoms with Crippen LogP contribution >= 0.6 is 11.3 Å². The number of carbonyl (C=O) groups is 1. The van der Waals surface area contributed by atoms with E-state index >= 15 is 0 Å². The molecular formula is C23H32N8OS. The van der Waals surface area contributed by atoms with Crippen molar-refractivity contribution in [1.82, 2.24) is 29.7 Å². The Bertz CT molecular complexity index is 1010. The number of rotatable bonds is 6. The lowest BCUT2D eigenvalue weighted by Crippen LogP contribution is -2.50. The fourth-order valence-electron chi connectivity index (χ4n) is 4.55. The highest BCUT2D eigenvalue weighted by Gasteiger charge is 2.26. The number of hydrogen-bond donors (Lipinski definition) is 1. The van der Waals surface area contributed by atoms with Gasteiger partial charge in [-0.2, -0.15) is 5.26 Å². The van der Waals surface area contributed by atoms with Crippen LogP contribution in [0.3, 0.4) is 0 Å². The van der Waals surface area contributed by atoms with Gasteiger partial charge in [0.05, 0.1) is 18.3 Å². The summed E-state index contributed by atoms with van der Waals surface area (Å²) in [5, 5.41) is 14.8. The average molecular weight is 469 g/mol. The molecule has 2 aromatic heterocycles. The zero-order valence-corrected chi connectivity index (χ0v) is 20.4. The van der Waals surface area contributed by atoms with E-state index in [0.29, 0.717) is 35.1 Å². The number of amides is 1. The fourth-order valence-corrected chi connectivity index (χ4v) is 5.24. The molecule has 10 heteroatoms. The van der Waals surface area contributed by atoms with Crippen LogP contribution in [0.25, 0.3) is 0 Å². The second kappa shape index (κ2) is 10.5. The summed E-state index contributed by atoms with van der Waals surface area (Å²) in [5.41, 5.74) is 1.47. The highest BCUT2D eigenvalue weighted by molar-refractivity contribution is 7.14. The zero-order chi connectivity index (χ0) is 23.4. The number of carbonyl (C=O) groups excluding carboxylic acids is 1. The molecule has 176 valence electrons. The predicted octanol–water partition coefficient (Wildman–Crippen LogP) is 2.85. The summed E-state index contributed by atoms with van der Waals surface area (Å²) in [6.45, 7) is 11.8. The first-order chi connectivity index (χ1) is 15.9. The van der Waals surface area contributed by atoms with E-state index in [-0.39, 0.29) is 11.8 Å². The molecule has 1 N–H and O–H groups in total. The quantitative estimate of drug-likeness (QED) is 0.646. The van der Waals surface area contributed by atoms with Gasteiger partial charge in [0.1, 0.15) is 17.3 Å². The summed E-state index contributed by atoms with van der Waals surface area (Å²) in [5.74, 6) is 1.66. The molecule has 0 aliphatic carbocycles. The van der Waals surface area contributed by atoms with E-state index in [1.165, 1.54) is 11.3 Å². The molecule has 1 unspecified atom stereocenters. The fraction of sp³-hybridized carbons (Fsp3) is 0.609. The van der Waals surface area contributed by atoms with Gasteiger partial charge in [0.15, 0.2) is 5.13 Å². The Morgan fingerprint density at radius 1 is 1.24 bits per heavy atom. The van der Waals surface area contributed by atoms with Crippen LogP contribution in [0.1, 0.15) is 54.6 Å². The van der Waals surface area contributed by atoms with E-state index in [0.717, 1.165) is 57.8 Å². The summed E-state index contributed by atoms with van der Waals surface area (Å²) < 4.78 is 0. The topological polar surface area (TPSA) is 101 Å². The molecule has 0 saturated carbocycles. The first kappa shape index (κ1) is 23.5. The molecule has 0 aromatic carbocycles. The Kier molecular flexibility index (Phi) is 7.53. The number of nitrogens with one attached hydrogen (secondary N) is 1. The second-order valence-electron chi connectivity index (χ2n) is 9.04. The van der Waals surface area contributed by atoms with Crippen LogP contribution in [-0.2, 0) is 0 Å². The van der Waals surface area contributed by atoms with Crippen molar-refractivity contribution in [2.75, 3.05) is 51.1 Å². The molecule has 0 spiro atoms. The first-order valence-corrected chi connectivity index (χ1v) is 12.5. The monoisotopic (exact) mass is 468 g/mol. The smallest absolute Gasteiger partial charge is 0.273 e. The minimum atomic E-state index is -0.0120. The number of piperidine rings is 1. The Morgan fingerprint density at radius 2 is 2.03 bits per heavy atom. The Labute approximate surface area is 199 Å². The molecule has 4 heterocycles. The summed E-state index contributed by atoms with van der Waals surface area (Å²) >= 11 is 1.41. The van der Waals surface area contributed by atoms with Gasteiger partial charge in [-0.3, -0.25) is 14.6 Å². The number of piperazine rings is 1. The molecule has 2 aliphatic heterocycles. The highest BCUT2D eigenvalue weighted by atomic mass is 32.1. The van der Waals surface area contributed by atoms with Crippen molar-refractivity contribution >= 4 is 28.2 Å². The van der Waals surface area contributed by atoms with E-state index in [4.69, 9.17) is 5.26 Å². The van der Waals surface area contributed by atoms with Crippen LogP contribution in [-0.4, -0.2) is 87.4 Å². The van der Waals surface area contributed by atoms with Gasteiger partial charge in [-0.05, 0) is 40.2 Å². The maximum Gasteiger partial charge on any atom is 0.273 e. The van der Waals surface area contributed by atoms with Gasteiger partial charge in [-0.15, -0.1) is 11.3 Å². The lowest BCUT2D eigenvalue weighted by Gasteiger charge is -2.36. The number of nitriles is 1. The van der Waals surface area contributed by atoms with Crippen molar-refractivity contribution in [3.05, 3.63) is 28.7 Å². The number of thiazole rings is 1. The van der Waals surface area contributed by atoms with Crippen molar-refractivity contribution in [3.63, 3.8) is 0 Å². The zero-order valence-electron chi connectivity index (χ0n) is 19.6. The summed E-state index contributed by atoms with van der Waals surface area (Å²) in [4.78, 5) is 33.1. The van der Waals surface area contributed by atoms with Crippen LogP contribution in [0, 0.1) is 18.3 Å². The van der Waals surface area contributed by atoms with Crippen molar-refractivity contribution in [3.8, 4) is 6.07 Å². The first-order valence-electron chi connectivity index (χ1n) is 11.6. The van der Waals surface area contributed by atoms with Crippen molar-refractivity contribution in [2.45, 2.75) is 45.6 Å². The Hall–Kier alpha value is -2.61. The van der Waals surface area contributed by atoms with Crippen LogP contribution in [0.2, 0.25) is 0 Å². The molecule has 2 aliphatic rings. The van der Waals surface area contributed by atoms with Gasteiger partial charge in [0, 0.05) is 56.1 Å². The summed E-state index contributed by atoms with van der Waals surface area (Å²) in [7, 11) is 0. The van der Waals surface area contributed by atoms with Crippen molar-refractivity contribution < 1.29 is 4.79 Å².